The van der Waals surface area contributed by atoms with Crippen LogP contribution in [0.3, 0.4) is 0 Å². The highest BCUT2D eigenvalue weighted by Crippen LogP contribution is 2.35. The van der Waals surface area contributed by atoms with Gasteiger partial charge in [-0.1, -0.05) is 0 Å². The summed E-state index contributed by atoms with van der Waals surface area (Å²) in [6.45, 7) is 8.41. The van der Waals surface area contributed by atoms with Gasteiger partial charge in [0, 0.05) is 44.5 Å². The van der Waals surface area contributed by atoms with Crippen molar-refractivity contribution in [1.29, 1.82) is 0 Å². The van der Waals surface area contributed by atoms with Gasteiger partial charge in [-0.15, -0.1) is 0 Å². The first-order chi connectivity index (χ1) is 11.1. The largest absolute Gasteiger partial charge is 0.335 e. The fraction of sp³-hybridized carbons (Fsp3) is 0.778. The van der Waals surface area contributed by atoms with Crippen LogP contribution in [0.4, 0.5) is 0 Å². The highest BCUT2D eigenvalue weighted by molar-refractivity contribution is 5.92. The minimum Gasteiger partial charge on any atom is -0.335 e. The van der Waals surface area contributed by atoms with Crippen LogP contribution in [0.5, 0.6) is 0 Å². The van der Waals surface area contributed by atoms with Gasteiger partial charge in [0.15, 0.2) is 0 Å². The summed E-state index contributed by atoms with van der Waals surface area (Å²) in [6.07, 6.45) is 7.26. The molecule has 2 atom stereocenters. The van der Waals surface area contributed by atoms with E-state index < -0.39 is 0 Å². The fourth-order valence-corrected chi connectivity index (χ4v) is 4.10. The van der Waals surface area contributed by atoms with Gasteiger partial charge < -0.3 is 4.90 Å². The lowest BCUT2D eigenvalue weighted by Crippen LogP contribution is -2.45. The molecular weight excluding hydrogens is 288 g/mol. The molecule has 1 aromatic heterocycles. The van der Waals surface area contributed by atoms with Gasteiger partial charge in [0.05, 0.1) is 0 Å². The Hall–Kier alpha value is -1.36. The van der Waals surface area contributed by atoms with E-state index in [0.717, 1.165) is 19.0 Å². The second kappa shape index (κ2) is 5.93. The number of carbonyl (C=O) groups excluding carboxylic acids is 1. The van der Waals surface area contributed by atoms with Crippen molar-refractivity contribution >= 4 is 5.91 Å². The molecule has 1 amide bonds. The molecule has 2 bridgehead atoms. The van der Waals surface area contributed by atoms with Crippen molar-refractivity contribution in [3.63, 3.8) is 0 Å². The lowest BCUT2D eigenvalue weighted by Gasteiger charge is -2.36. The Labute approximate surface area is 138 Å². The Balaban J connectivity index is 1.47. The van der Waals surface area contributed by atoms with E-state index in [4.69, 9.17) is 0 Å². The van der Waals surface area contributed by atoms with Crippen LogP contribution in [0.25, 0.3) is 0 Å². The van der Waals surface area contributed by atoms with E-state index in [9.17, 15) is 4.79 Å². The Morgan fingerprint density at radius 1 is 1.22 bits per heavy atom. The number of carbonyl (C=O) groups is 1. The van der Waals surface area contributed by atoms with Crippen molar-refractivity contribution in [2.24, 2.45) is 11.8 Å². The minimum atomic E-state index is 0.120. The summed E-state index contributed by atoms with van der Waals surface area (Å²) in [5.74, 6) is 1.69. The van der Waals surface area contributed by atoms with Crippen LogP contribution >= 0.6 is 0 Å². The molecule has 5 heteroatoms. The molecular formula is C18H28N4O. The Morgan fingerprint density at radius 2 is 2.04 bits per heavy atom. The Kier molecular flexibility index (Phi) is 3.92. The number of fused-ring (bicyclic) bond motifs is 4. The van der Waals surface area contributed by atoms with Crippen LogP contribution in [0.15, 0.2) is 12.3 Å². The maximum absolute atomic E-state index is 12.9. The van der Waals surface area contributed by atoms with Crippen LogP contribution in [-0.4, -0.2) is 57.7 Å². The first-order valence-electron chi connectivity index (χ1n) is 9.18. The summed E-state index contributed by atoms with van der Waals surface area (Å²) in [6, 6.07) is 2.73. The molecule has 0 aromatic carbocycles. The van der Waals surface area contributed by atoms with Crippen molar-refractivity contribution < 1.29 is 4.79 Å². The Morgan fingerprint density at radius 3 is 2.74 bits per heavy atom. The number of hydrogen-bond donors (Lipinski definition) is 0. The third-order valence-electron chi connectivity index (χ3n) is 5.66. The number of aromatic nitrogens is 2. The van der Waals surface area contributed by atoms with Crippen LogP contribution in [0.2, 0.25) is 0 Å². The normalized spacial score (nSPS) is 28.4. The molecule has 0 unspecified atom stereocenters. The van der Waals surface area contributed by atoms with Gasteiger partial charge >= 0.3 is 0 Å². The number of hydrogen-bond acceptors (Lipinski definition) is 3. The van der Waals surface area contributed by atoms with E-state index in [1.54, 1.807) is 0 Å². The Bertz CT molecular complexity index is 577. The molecule has 126 valence electrons. The molecule has 4 aliphatic rings. The molecule has 1 aromatic rings. The van der Waals surface area contributed by atoms with E-state index >= 15 is 0 Å². The van der Waals surface area contributed by atoms with Gasteiger partial charge in [-0.05, 0) is 57.4 Å². The van der Waals surface area contributed by atoms with Gasteiger partial charge in [0.25, 0.3) is 5.91 Å². The molecule has 4 heterocycles. The standard InChI is InChI=1S/C18H28N4O/c1-13(2)22-8-7-17(19-22)18(23)21-11-15-5-6-16(12-21)20(10-15)9-14-3-4-14/h7-8,13-16H,3-6,9-12H2,1-2H3/t15-,16-/m1/s1. The first-order valence-corrected chi connectivity index (χ1v) is 9.18. The van der Waals surface area contributed by atoms with Gasteiger partial charge in [-0.25, -0.2) is 0 Å². The number of rotatable bonds is 4. The first kappa shape index (κ1) is 15.2. The van der Waals surface area contributed by atoms with Gasteiger partial charge in [0.1, 0.15) is 5.69 Å². The monoisotopic (exact) mass is 316 g/mol. The van der Waals surface area contributed by atoms with Gasteiger partial charge in [-0.2, -0.15) is 5.10 Å². The third kappa shape index (κ3) is 3.16. The predicted molar refractivity (Wildman–Crippen MR) is 89.3 cm³/mol. The maximum Gasteiger partial charge on any atom is 0.274 e. The molecule has 23 heavy (non-hydrogen) atoms. The zero-order chi connectivity index (χ0) is 16.0. The van der Waals surface area contributed by atoms with Gasteiger partial charge in [-0.3, -0.25) is 14.4 Å². The summed E-state index contributed by atoms with van der Waals surface area (Å²) in [7, 11) is 0. The summed E-state index contributed by atoms with van der Waals surface area (Å²) >= 11 is 0. The van der Waals surface area contributed by atoms with Gasteiger partial charge in [0.2, 0.25) is 0 Å². The van der Waals surface area contributed by atoms with E-state index in [2.05, 4.69) is 28.7 Å². The maximum atomic E-state index is 12.9. The quantitative estimate of drug-likeness (QED) is 0.856. The zero-order valence-corrected chi connectivity index (χ0v) is 14.3. The molecule has 1 aliphatic carbocycles. The summed E-state index contributed by atoms with van der Waals surface area (Å²) in [5, 5.41) is 4.48. The second-order valence-corrected chi connectivity index (χ2v) is 7.98. The van der Waals surface area contributed by atoms with Crippen LogP contribution in [0, 0.1) is 11.8 Å². The summed E-state index contributed by atoms with van der Waals surface area (Å²) in [4.78, 5) is 17.6. The van der Waals surface area contributed by atoms with Crippen molar-refractivity contribution in [1.82, 2.24) is 19.6 Å². The number of piperidine rings is 1. The van der Waals surface area contributed by atoms with Crippen molar-refractivity contribution in [2.45, 2.75) is 51.6 Å². The van der Waals surface area contributed by atoms with E-state index in [1.165, 1.54) is 38.8 Å². The highest BCUT2D eigenvalue weighted by Gasteiger charge is 2.38. The van der Waals surface area contributed by atoms with Crippen molar-refractivity contribution in [3.05, 3.63) is 18.0 Å². The van der Waals surface area contributed by atoms with E-state index in [1.807, 2.05) is 16.9 Å². The second-order valence-electron chi connectivity index (χ2n) is 7.98. The van der Waals surface area contributed by atoms with Crippen LogP contribution < -0.4 is 0 Å². The summed E-state index contributed by atoms with van der Waals surface area (Å²) in [5.41, 5.74) is 0.605. The van der Waals surface area contributed by atoms with Crippen LogP contribution in [-0.2, 0) is 0 Å². The molecule has 0 radical (unpaired) electrons. The smallest absolute Gasteiger partial charge is 0.274 e. The minimum absolute atomic E-state index is 0.120. The molecule has 4 fully saturated rings. The number of nitrogens with zero attached hydrogens (tertiary/aromatic N) is 4. The van der Waals surface area contributed by atoms with E-state index in [-0.39, 0.29) is 5.91 Å². The molecule has 0 N–H and O–H groups in total. The fourth-order valence-electron chi connectivity index (χ4n) is 4.10. The molecule has 1 saturated carbocycles. The summed E-state index contributed by atoms with van der Waals surface area (Å²) < 4.78 is 1.87. The average Bonchev–Trinajstić information content (AvgIpc) is 3.27. The molecule has 3 aliphatic heterocycles. The predicted octanol–water partition coefficient (Wildman–Crippen LogP) is 2.41. The van der Waals surface area contributed by atoms with E-state index in [0.29, 0.717) is 23.7 Å². The lowest BCUT2D eigenvalue weighted by atomic mass is 9.95. The van der Waals surface area contributed by atoms with Crippen LogP contribution in [0.1, 0.15) is 56.1 Å². The zero-order valence-electron chi connectivity index (χ0n) is 14.3. The highest BCUT2D eigenvalue weighted by atomic mass is 16.2. The third-order valence-corrected chi connectivity index (χ3v) is 5.66. The lowest BCUT2D eigenvalue weighted by molar-refractivity contribution is 0.0730. The van der Waals surface area contributed by atoms with Crippen molar-refractivity contribution in [2.75, 3.05) is 26.2 Å². The molecule has 5 rings (SSSR count). The molecule has 3 saturated heterocycles. The molecule has 0 spiro atoms. The topological polar surface area (TPSA) is 41.4 Å². The SMILES string of the molecule is CC(C)n1ccc(C(=O)N2C[C@@H]3CC[C@H](C2)N(CC2CC2)C3)n1. The number of amides is 1. The average molecular weight is 316 g/mol. The molecule has 5 nitrogen and oxygen atoms in total. The van der Waals surface area contributed by atoms with Crippen molar-refractivity contribution in [3.8, 4) is 0 Å².